The predicted molar refractivity (Wildman–Crippen MR) is 99.2 cm³/mol. The number of piperazine rings is 1. The number of carbonyl (C=O) groups excluding carboxylic acids is 3. The Bertz CT molecular complexity index is 680. The van der Waals surface area contributed by atoms with Crippen molar-refractivity contribution in [3.05, 3.63) is 11.1 Å². The molecule has 0 aromatic carbocycles. The van der Waals surface area contributed by atoms with E-state index in [0.29, 0.717) is 24.7 Å². The summed E-state index contributed by atoms with van der Waals surface area (Å²) in [5.74, 6) is -0.743. The second-order valence-corrected chi connectivity index (χ2v) is 8.26. The Hall–Kier alpha value is -2.16. The highest BCUT2D eigenvalue weighted by Gasteiger charge is 2.41. The summed E-state index contributed by atoms with van der Waals surface area (Å²) in [6.45, 7) is 7.47. The molecule has 2 fully saturated rings. The smallest absolute Gasteiger partial charge is 0.309 e. The molecular weight excluding hydrogens is 354 g/mol. The summed E-state index contributed by atoms with van der Waals surface area (Å²) < 4.78 is 0. The molecule has 2 saturated heterocycles. The van der Waals surface area contributed by atoms with Gasteiger partial charge < -0.3 is 20.9 Å². The van der Waals surface area contributed by atoms with Crippen LogP contribution in [0.25, 0.3) is 0 Å². The van der Waals surface area contributed by atoms with Gasteiger partial charge in [0.25, 0.3) is 5.91 Å². The van der Waals surface area contributed by atoms with E-state index in [1.807, 2.05) is 11.8 Å². The highest BCUT2D eigenvalue weighted by atomic mass is 32.1. The first kappa shape index (κ1) is 18.6. The molecule has 9 heteroatoms. The zero-order valence-electron chi connectivity index (χ0n) is 15.2. The van der Waals surface area contributed by atoms with Crippen molar-refractivity contribution in [2.24, 2.45) is 5.92 Å². The molecule has 26 heavy (non-hydrogen) atoms. The van der Waals surface area contributed by atoms with Crippen LogP contribution in [0.2, 0.25) is 0 Å². The van der Waals surface area contributed by atoms with Crippen LogP contribution in [0.1, 0.15) is 44.1 Å². The van der Waals surface area contributed by atoms with Crippen LogP contribution < -0.4 is 20.9 Å². The Kier molecular flexibility index (Phi) is 5.45. The van der Waals surface area contributed by atoms with Crippen molar-refractivity contribution in [1.29, 1.82) is 0 Å². The molecular formula is C17H25N5O3S. The van der Waals surface area contributed by atoms with E-state index < -0.39 is 11.8 Å². The molecule has 0 aliphatic carbocycles. The number of nitrogens with one attached hydrogen (secondary N) is 3. The number of aromatic nitrogens is 1. The third-order valence-corrected chi connectivity index (χ3v) is 5.61. The number of hydrogen-bond donors (Lipinski definition) is 3. The second kappa shape index (κ2) is 7.61. The van der Waals surface area contributed by atoms with Crippen molar-refractivity contribution in [2.45, 2.75) is 51.7 Å². The summed E-state index contributed by atoms with van der Waals surface area (Å²) in [6.07, 6.45) is 2.01. The standard InChI is InChI=1S/C17H25N5O3S/c1-9(2)4-5-10(3)18-14(23)13-8-26-17(21-13)22-6-11-12(7-22)20-16(25)15(24)19-11/h8-12H,4-7H2,1-3H3,(H,18,23)(H,19,24)(H,20,25)/t10?,11-,12+. The summed E-state index contributed by atoms with van der Waals surface area (Å²) in [4.78, 5) is 41.7. The van der Waals surface area contributed by atoms with E-state index in [1.54, 1.807) is 5.38 Å². The normalized spacial score (nSPS) is 23.5. The van der Waals surface area contributed by atoms with E-state index >= 15 is 0 Å². The van der Waals surface area contributed by atoms with Gasteiger partial charge in [0.1, 0.15) is 5.69 Å². The summed E-state index contributed by atoms with van der Waals surface area (Å²) in [5.41, 5.74) is 0.407. The molecule has 3 atom stereocenters. The average Bonchev–Trinajstić information content (AvgIpc) is 3.20. The van der Waals surface area contributed by atoms with E-state index in [0.717, 1.165) is 18.0 Å². The number of rotatable bonds is 6. The Balaban J connectivity index is 1.57. The van der Waals surface area contributed by atoms with Gasteiger partial charge in [-0.3, -0.25) is 14.4 Å². The molecule has 3 N–H and O–H groups in total. The van der Waals surface area contributed by atoms with Crippen molar-refractivity contribution < 1.29 is 14.4 Å². The van der Waals surface area contributed by atoms with Crippen LogP contribution in [-0.2, 0) is 9.59 Å². The van der Waals surface area contributed by atoms with Crippen LogP contribution in [-0.4, -0.2) is 53.9 Å². The fraction of sp³-hybridized carbons (Fsp3) is 0.647. The molecule has 142 valence electrons. The van der Waals surface area contributed by atoms with Crippen LogP contribution in [0, 0.1) is 5.92 Å². The summed E-state index contributed by atoms with van der Waals surface area (Å²) in [6, 6.07) is -0.148. The molecule has 3 heterocycles. The van der Waals surface area contributed by atoms with Gasteiger partial charge in [-0.2, -0.15) is 0 Å². The average molecular weight is 379 g/mol. The summed E-state index contributed by atoms with van der Waals surface area (Å²) in [5, 5.41) is 10.9. The first-order valence-electron chi connectivity index (χ1n) is 8.96. The van der Waals surface area contributed by atoms with Crippen LogP contribution in [0.4, 0.5) is 5.13 Å². The Labute approximate surface area is 156 Å². The number of fused-ring (bicyclic) bond motifs is 1. The van der Waals surface area contributed by atoms with Crippen molar-refractivity contribution in [3.8, 4) is 0 Å². The molecule has 0 saturated carbocycles. The van der Waals surface area contributed by atoms with Crippen LogP contribution >= 0.6 is 11.3 Å². The van der Waals surface area contributed by atoms with Gasteiger partial charge in [-0.1, -0.05) is 13.8 Å². The molecule has 1 unspecified atom stereocenters. The first-order valence-corrected chi connectivity index (χ1v) is 9.84. The van der Waals surface area contributed by atoms with Crippen LogP contribution in [0.15, 0.2) is 5.38 Å². The lowest BCUT2D eigenvalue weighted by Gasteiger charge is -2.25. The van der Waals surface area contributed by atoms with Crippen molar-refractivity contribution >= 4 is 34.2 Å². The highest BCUT2D eigenvalue weighted by Crippen LogP contribution is 2.25. The fourth-order valence-corrected chi connectivity index (χ4v) is 4.01. The van der Waals surface area contributed by atoms with E-state index in [2.05, 4.69) is 34.8 Å². The van der Waals surface area contributed by atoms with E-state index in [4.69, 9.17) is 0 Å². The van der Waals surface area contributed by atoms with Crippen molar-refractivity contribution in [1.82, 2.24) is 20.9 Å². The highest BCUT2D eigenvalue weighted by molar-refractivity contribution is 7.13. The monoisotopic (exact) mass is 379 g/mol. The molecule has 2 aliphatic rings. The molecule has 0 bridgehead atoms. The van der Waals surface area contributed by atoms with E-state index in [9.17, 15) is 14.4 Å². The summed E-state index contributed by atoms with van der Waals surface area (Å²) in [7, 11) is 0. The number of carbonyl (C=O) groups is 3. The predicted octanol–water partition coefficient (Wildman–Crippen LogP) is 0.501. The molecule has 1 aromatic heterocycles. The number of nitrogens with zero attached hydrogens (tertiary/aromatic N) is 2. The Morgan fingerprint density at radius 3 is 2.42 bits per heavy atom. The maximum atomic E-state index is 12.4. The first-order chi connectivity index (χ1) is 12.3. The molecule has 8 nitrogen and oxygen atoms in total. The third kappa shape index (κ3) is 4.14. The quantitative estimate of drug-likeness (QED) is 0.625. The van der Waals surface area contributed by atoms with Gasteiger partial charge in [-0.15, -0.1) is 11.3 Å². The van der Waals surface area contributed by atoms with Crippen LogP contribution in [0.3, 0.4) is 0 Å². The minimum atomic E-state index is -0.595. The maximum Gasteiger partial charge on any atom is 0.309 e. The molecule has 1 aromatic rings. The van der Waals surface area contributed by atoms with Gasteiger partial charge >= 0.3 is 11.8 Å². The molecule has 0 radical (unpaired) electrons. The number of anilines is 1. The summed E-state index contributed by atoms with van der Waals surface area (Å²) >= 11 is 1.40. The number of hydrogen-bond acceptors (Lipinski definition) is 6. The fourth-order valence-electron chi connectivity index (χ4n) is 3.19. The molecule has 2 aliphatic heterocycles. The van der Waals surface area contributed by atoms with Crippen molar-refractivity contribution in [3.63, 3.8) is 0 Å². The van der Waals surface area contributed by atoms with Crippen molar-refractivity contribution in [2.75, 3.05) is 18.0 Å². The molecule has 3 rings (SSSR count). The van der Waals surface area contributed by atoms with E-state index in [-0.39, 0.29) is 24.0 Å². The second-order valence-electron chi connectivity index (χ2n) is 7.43. The van der Waals surface area contributed by atoms with Gasteiger partial charge in [0.2, 0.25) is 0 Å². The van der Waals surface area contributed by atoms with Gasteiger partial charge in [0.05, 0.1) is 12.1 Å². The van der Waals surface area contributed by atoms with Gasteiger partial charge in [0.15, 0.2) is 5.13 Å². The zero-order chi connectivity index (χ0) is 18.8. The molecule has 3 amide bonds. The lowest BCUT2D eigenvalue weighted by molar-refractivity contribution is -0.142. The lowest BCUT2D eigenvalue weighted by atomic mass is 10.0. The zero-order valence-corrected chi connectivity index (χ0v) is 16.1. The Morgan fingerprint density at radius 2 is 1.85 bits per heavy atom. The minimum absolute atomic E-state index is 0.107. The minimum Gasteiger partial charge on any atom is -0.348 e. The third-order valence-electron chi connectivity index (χ3n) is 4.71. The number of thiazole rings is 1. The Morgan fingerprint density at radius 1 is 1.23 bits per heavy atom. The van der Waals surface area contributed by atoms with Gasteiger partial charge in [0, 0.05) is 24.5 Å². The maximum absolute atomic E-state index is 12.4. The van der Waals surface area contributed by atoms with Gasteiger partial charge in [-0.05, 0) is 25.7 Å². The van der Waals surface area contributed by atoms with Gasteiger partial charge in [-0.25, -0.2) is 4.98 Å². The lowest BCUT2D eigenvalue weighted by Crippen LogP contribution is -2.61. The number of amides is 3. The largest absolute Gasteiger partial charge is 0.348 e. The SMILES string of the molecule is CC(C)CCC(C)NC(=O)c1csc(N2C[C@@H]3NC(=O)C(=O)N[C@@H]3C2)n1. The molecule has 0 spiro atoms. The van der Waals surface area contributed by atoms with E-state index in [1.165, 1.54) is 11.3 Å². The van der Waals surface area contributed by atoms with Crippen LogP contribution in [0.5, 0.6) is 0 Å². The topological polar surface area (TPSA) is 103 Å².